The zero-order valence-corrected chi connectivity index (χ0v) is 95.0. The first-order valence-electron chi connectivity index (χ1n) is 43.3. The Morgan fingerprint density at radius 1 is 0.219 bits per heavy atom. The molecule has 0 N–H and O–H groups in total. The van der Waals surface area contributed by atoms with E-state index in [1.165, 1.54) is 102 Å². The van der Waals surface area contributed by atoms with Gasteiger partial charge in [0.1, 0.15) is 29.1 Å². The number of allylic oxidation sites excluding steroid dienone is 24. The Kier molecular flexibility index (Phi) is 67.6. The molecule has 19 rings (SSSR count). The maximum absolute atomic E-state index is 14.2. The topological polar surface area (TPSA) is 0 Å². The van der Waals surface area contributed by atoms with Gasteiger partial charge >= 0.3 is 151 Å². The van der Waals surface area contributed by atoms with Gasteiger partial charge in [-0.05, 0) is 217 Å². The van der Waals surface area contributed by atoms with Crippen LogP contribution >= 0.6 is 68.1 Å². The molecule has 14 aliphatic carbocycles. The summed E-state index contributed by atoms with van der Waals surface area (Å²) in [5, 5.41) is 0. The molecule has 754 valence electrons. The van der Waals surface area contributed by atoms with Gasteiger partial charge in [-0.15, -0.1) is 0 Å². The molecule has 8 fully saturated rings. The number of benzene rings is 5. The molecule has 0 radical (unpaired) electrons. The van der Waals surface area contributed by atoms with E-state index in [2.05, 4.69) is 48.6 Å². The van der Waals surface area contributed by atoms with Crippen molar-refractivity contribution in [1.29, 1.82) is 0 Å². The average Bonchev–Trinajstić information content (AvgIpc) is 1.69. The summed E-state index contributed by atoms with van der Waals surface area (Å²) < 4.78 is 260. The van der Waals surface area contributed by atoms with Crippen LogP contribution in [0.5, 0.6) is 0 Å². The van der Waals surface area contributed by atoms with Crippen LogP contribution < -0.4 is 0 Å². The molecule has 0 saturated heterocycles. The number of rotatable bonds is 6. The average molecular weight is 2410 g/mol. The first kappa shape index (κ1) is 135. The molecule has 5 aromatic carbocycles. The van der Waals surface area contributed by atoms with Gasteiger partial charge in [0, 0.05) is 44.5 Å². The SMILES string of the molecule is C1=CC2CCCC2C=C1.C1CCCC1.C1CCCC1.Cc1c(F)c(F)c(F)c(C2CCC3C=CC=CC32)c1F.Cc1c(F)c(F)c(F)c(C2CCC3C=CC=CC32)c1F.Cc1c(F)c(F)c(F)c(C2CCC3C=CC=CC32)c1F.Fc1c(F)c(F)c(C2CCC3C=CC=CC32)c(F)c1F.Fc1cccc(F)c1CC1CCC2C=CC=CC21.[CH3-].[CH3-].[CH3-].[CH3-].[CH3-].[CH3-].[CH3-].[CH3-].[Cl][Zr+2][Cl].[Cl][Zr+2][Cl].[Cl][Zr+2][Cl].[Cl][Zr+2][Cl]. The summed E-state index contributed by atoms with van der Waals surface area (Å²) in [6.07, 6.45) is 75.0. The van der Waals surface area contributed by atoms with Crippen molar-refractivity contribution >= 4 is 68.1 Å². The second kappa shape index (κ2) is 68.9. The molecular formula is C106H125Cl8F19Zr4. The third-order valence-corrected chi connectivity index (χ3v) is 26.8. The van der Waals surface area contributed by atoms with Gasteiger partial charge in [0.25, 0.3) is 0 Å². The van der Waals surface area contributed by atoms with Gasteiger partial charge in [-0.25, -0.2) is 83.4 Å². The monoisotopic (exact) mass is 2400 g/mol. The number of hydrogen-bond donors (Lipinski definition) is 0. The summed E-state index contributed by atoms with van der Waals surface area (Å²) in [5.41, 5.74) is -2.65. The van der Waals surface area contributed by atoms with Gasteiger partial charge in [-0.2, -0.15) is 0 Å². The predicted octanol–water partition coefficient (Wildman–Crippen LogP) is 38.8. The van der Waals surface area contributed by atoms with Crippen LogP contribution in [0.3, 0.4) is 0 Å². The summed E-state index contributed by atoms with van der Waals surface area (Å²) in [4.78, 5) is 0. The zero-order valence-electron chi connectivity index (χ0n) is 79.1. The number of halogens is 27. The van der Waals surface area contributed by atoms with E-state index < -0.39 is 240 Å². The Bertz CT molecular complexity index is 4270. The van der Waals surface area contributed by atoms with Crippen molar-refractivity contribution in [2.24, 2.45) is 76.9 Å². The van der Waals surface area contributed by atoms with Crippen molar-refractivity contribution in [3.63, 3.8) is 0 Å². The Morgan fingerprint density at radius 2 is 0.409 bits per heavy atom. The first-order chi connectivity index (χ1) is 62.0. The standard InChI is InChI=1S/3C16H14F4.C16H16F2.C15H11F5.C9H12.2C5H10.8CH3.8ClH.4Zr/c3*1-8-13(17)12(15(19)16(20)14(8)18)11-7-6-9-4-2-3-5-10(9)11;17-15-6-3-7-16(18)14(15)10-12-9-8-11-4-1-2-5-13(11)12;16-11-10(12(17)14(19)15(20)13(11)18)9-6-5-7-3-1-2-4-8(7)9;1-2-5-9-7-3-6-8(9)4-1;2*1-2-4-5-3-1;;;;;;;;;;;;;;;;;;;;/h3*2-5,9-11H,6-7H2,1H3;1-7,11-13H,8-10H2;1-4,7-9H,5-6H2;1-2,4-5,8-9H,3,6-7H2;2*1-5H2;8*1H3;8*1H;;;;/q;;;;;;;;8*-1;;;;;;;;;4*+4/p-8. The van der Waals surface area contributed by atoms with Gasteiger partial charge < -0.3 is 59.4 Å². The molecule has 137 heavy (non-hydrogen) atoms. The Labute approximate surface area is 879 Å². The van der Waals surface area contributed by atoms with Crippen LogP contribution in [0.1, 0.15) is 216 Å². The number of hydrogen-bond acceptors (Lipinski definition) is 0. The van der Waals surface area contributed by atoms with E-state index in [0.29, 0.717) is 56.3 Å². The van der Waals surface area contributed by atoms with Crippen molar-refractivity contribution in [3.8, 4) is 0 Å². The first-order valence-corrected chi connectivity index (χ1v) is 68.6. The summed E-state index contributed by atoms with van der Waals surface area (Å²) in [6, 6.07) is 4.12. The minimum atomic E-state index is -2.10. The van der Waals surface area contributed by atoms with Crippen LogP contribution in [0.15, 0.2) is 164 Å². The van der Waals surface area contributed by atoms with E-state index in [4.69, 9.17) is 68.1 Å². The van der Waals surface area contributed by atoms with E-state index >= 15 is 0 Å². The molecule has 5 aromatic rings. The zero-order chi connectivity index (χ0) is 94.3. The van der Waals surface area contributed by atoms with Crippen LogP contribution in [0, 0.1) is 268 Å². The van der Waals surface area contributed by atoms with Crippen molar-refractivity contribution in [2.75, 3.05) is 0 Å². The molecule has 0 bridgehead atoms. The summed E-state index contributed by atoms with van der Waals surface area (Å²) in [7, 11) is 39.5. The molecule has 17 unspecified atom stereocenters. The van der Waals surface area contributed by atoms with Crippen molar-refractivity contribution in [2.45, 2.75) is 199 Å². The predicted molar refractivity (Wildman–Crippen MR) is 520 cm³/mol. The molecular weight excluding hydrogens is 2280 g/mol. The quantitative estimate of drug-likeness (QED) is 0.0688. The fourth-order valence-corrected chi connectivity index (χ4v) is 20.4. The minimum absolute atomic E-state index is 0. The molecule has 0 nitrogen and oxygen atoms in total. The Morgan fingerprint density at radius 3 is 0.657 bits per heavy atom. The van der Waals surface area contributed by atoms with E-state index in [-0.39, 0.29) is 129 Å². The fraction of sp³-hybridized carbons (Fsp3) is 0.415. The van der Waals surface area contributed by atoms with E-state index in [9.17, 15) is 83.4 Å². The Hall–Kier alpha value is -2.50. The van der Waals surface area contributed by atoms with Gasteiger partial charge in [0.15, 0.2) is 75.6 Å². The second-order valence-corrected chi connectivity index (χ2v) is 48.7. The summed E-state index contributed by atoms with van der Waals surface area (Å²) in [5.74, 6) is -24.4. The normalized spacial score (nSPS) is 24.8. The van der Waals surface area contributed by atoms with Crippen LogP contribution in [0.25, 0.3) is 0 Å². The van der Waals surface area contributed by atoms with E-state index in [1.807, 2.05) is 85.1 Å². The van der Waals surface area contributed by atoms with Crippen LogP contribution in [-0.4, -0.2) is 0 Å². The molecule has 0 spiro atoms. The summed E-state index contributed by atoms with van der Waals surface area (Å²) >= 11 is -3.30. The maximum atomic E-state index is 14.2. The molecule has 0 amide bonds. The second-order valence-electron chi connectivity index (χ2n) is 33.7. The third kappa shape index (κ3) is 35.6. The van der Waals surface area contributed by atoms with Gasteiger partial charge in [0.05, 0.1) is 0 Å². The molecule has 14 aliphatic rings. The molecule has 31 heteroatoms. The van der Waals surface area contributed by atoms with Crippen molar-refractivity contribution in [3.05, 3.63) is 378 Å². The molecule has 0 heterocycles. The van der Waals surface area contributed by atoms with Gasteiger partial charge in [-0.3, -0.25) is 0 Å². The van der Waals surface area contributed by atoms with Gasteiger partial charge in [0.2, 0.25) is 5.82 Å². The number of fused-ring (bicyclic) bond motifs is 6. The Balaban J connectivity index is 0.00000154. The van der Waals surface area contributed by atoms with Gasteiger partial charge in [-0.1, -0.05) is 223 Å². The van der Waals surface area contributed by atoms with Crippen molar-refractivity contribution < 1.29 is 167 Å². The molecule has 0 aliphatic heterocycles. The van der Waals surface area contributed by atoms with E-state index in [0.717, 1.165) is 64.7 Å². The third-order valence-electron chi connectivity index (χ3n) is 26.8. The van der Waals surface area contributed by atoms with E-state index in [1.54, 1.807) is 12.2 Å². The fourth-order valence-electron chi connectivity index (χ4n) is 20.4. The molecule has 0 aromatic heterocycles. The molecule has 8 saturated carbocycles. The van der Waals surface area contributed by atoms with Crippen LogP contribution in [0.2, 0.25) is 0 Å². The molecule has 17 atom stereocenters. The van der Waals surface area contributed by atoms with Crippen molar-refractivity contribution in [1.82, 2.24) is 0 Å². The van der Waals surface area contributed by atoms with Crippen LogP contribution in [0.4, 0.5) is 83.4 Å². The van der Waals surface area contributed by atoms with Crippen LogP contribution in [-0.2, 0) is 89.8 Å². The summed E-state index contributed by atoms with van der Waals surface area (Å²) in [6.45, 7) is 3.42.